The number of benzene rings is 4. The van der Waals surface area contributed by atoms with Gasteiger partial charge in [0.05, 0.1) is 12.0 Å². The van der Waals surface area contributed by atoms with Gasteiger partial charge in [-0.2, -0.15) is 0 Å². The van der Waals surface area contributed by atoms with E-state index in [9.17, 15) is 9.90 Å². The van der Waals surface area contributed by atoms with Crippen LogP contribution in [0.5, 0.6) is 0 Å². The number of aliphatic hydroxyl groups is 1. The van der Waals surface area contributed by atoms with Crippen molar-refractivity contribution in [2.45, 2.75) is 85.7 Å². The van der Waals surface area contributed by atoms with Gasteiger partial charge in [-0.1, -0.05) is 103 Å². The molecule has 0 unspecified atom stereocenters. The highest BCUT2D eigenvalue weighted by atomic mass is 16.5. The van der Waals surface area contributed by atoms with E-state index in [1.807, 2.05) is 60.7 Å². The van der Waals surface area contributed by atoms with Crippen molar-refractivity contribution in [3.63, 3.8) is 0 Å². The summed E-state index contributed by atoms with van der Waals surface area (Å²) in [5, 5.41) is 11.0. The van der Waals surface area contributed by atoms with Crippen LogP contribution in [0.3, 0.4) is 0 Å². The molecule has 0 heterocycles. The van der Waals surface area contributed by atoms with Gasteiger partial charge >= 0.3 is 5.97 Å². The van der Waals surface area contributed by atoms with E-state index in [0.717, 1.165) is 24.2 Å². The summed E-state index contributed by atoms with van der Waals surface area (Å²) in [4.78, 5) is 16.0. The van der Waals surface area contributed by atoms with Crippen LogP contribution < -0.4 is 0 Å². The smallest absolute Gasteiger partial charge is 0.311 e. The first-order valence-electron chi connectivity index (χ1n) is 15.5. The Kier molecular flexibility index (Phi) is 11.3. The van der Waals surface area contributed by atoms with Crippen molar-refractivity contribution in [1.82, 2.24) is 4.90 Å². The van der Waals surface area contributed by atoms with Gasteiger partial charge in [-0.25, -0.2) is 0 Å². The summed E-state index contributed by atoms with van der Waals surface area (Å²) in [6.07, 6.45) is -0.0950. The lowest BCUT2D eigenvalue weighted by Crippen LogP contribution is -2.40. The molecule has 4 atom stereocenters. The molecule has 0 spiro atoms. The van der Waals surface area contributed by atoms with Gasteiger partial charge in [0.25, 0.3) is 0 Å². The van der Waals surface area contributed by atoms with Crippen molar-refractivity contribution < 1.29 is 14.6 Å². The molecule has 0 radical (unpaired) electrons. The van der Waals surface area contributed by atoms with E-state index < -0.39 is 18.1 Å². The quantitative estimate of drug-likeness (QED) is 0.163. The Morgan fingerprint density at radius 2 is 1.35 bits per heavy atom. The number of aryl methyl sites for hydroxylation is 5. The van der Waals surface area contributed by atoms with Crippen LogP contribution in [-0.2, 0) is 29.0 Å². The summed E-state index contributed by atoms with van der Waals surface area (Å²) in [5.74, 6) is -1.02. The van der Waals surface area contributed by atoms with Crippen molar-refractivity contribution in [2.24, 2.45) is 5.92 Å². The predicted octanol–water partition coefficient (Wildman–Crippen LogP) is 8.23. The Bertz CT molecular complexity index is 1440. The molecule has 1 N–H and O–H groups in total. The Hall–Kier alpha value is -3.73. The lowest BCUT2D eigenvalue weighted by Gasteiger charge is -2.36. The average Bonchev–Trinajstić information content (AvgIpc) is 3.00. The molecular weight excluding hydrogens is 530 g/mol. The molecule has 4 rings (SSSR count). The number of rotatable bonds is 13. The Morgan fingerprint density at radius 3 is 1.98 bits per heavy atom. The molecule has 4 aromatic rings. The lowest BCUT2D eigenvalue weighted by atomic mass is 9.95. The Balaban J connectivity index is 1.61. The third-order valence-corrected chi connectivity index (χ3v) is 8.74. The highest BCUT2D eigenvalue weighted by Crippen LogP contribution is 2.31. The lowest BCUT2D eigenvalue weighted by molar-refractivity contribution is -0.161. The van der Waals surface area contributed by atoms with Crippen molar-refractivity contribution in [3.05, 3.63) is 142 Å². The average molecular weight is 578 g/mol. The molecular formula is C39H47NO3. The number of nitrogens with zero attached hydrogens (tertiary/aromatic N) is 1. The maximum atomic E-state index is 13.6. The fourth-order valence-electron chi connectivity index (χ4n) is 5.89. The molecule has 0 amide bonds. The monoisotopic (exact) mass is 577 g/mol. The molecule has 0 bridgehead atoms. The fraction of sp³-hybridized carbons (Fsp3) is 0.359. The van der Waals surface area contributed by atoms with Gasteiger partial charge in [0.2, 0.25) is 0 Å². The largest absolute Gasteiger partial charge is 0.456 e. The number of hydrogen-bond acceptors (Lipinski definition) is 4. The molecule has 4 heteroatoms. The van der Waals surface area contributed by atoms with E-state index in [1.165, 1.54) is 33.4 Å². The highest BCUT2D eigenvalue weighted by molar-refractivity contribution is 5.73. The minimum atomic E-state index is -0.791. The van der Waals surface area contributed by atoms with E-state index in [-0.39, 0.29) is 12.0 Å². The SMILES string of the molecule is Cc1cc(C)c(CN(Cc2ccccc2C)[C@@H](C)[C@H](OC(=O)[C@@H](C)[C@H](O)CCc2ccccc2)c2ccccc2)c(C)c1. The molecule has 0 aliphatic rings. The predicted molar refractivity (Wildman–Crippen MR) is 176 cm³/mol. The summed E-state index contributed by atoms with van der Waals surface area (Å²) < 4.78 is 6.36. The fourth-order valence-corrected chi connectivity index (χ4v) is 5.89. The van der Waals surface area contributed by atoms with Crippen molar-refractivity contribution >= 4 is 5.97 Å². The molecule has 226 valence electrons. The highest BCUT2D eigenvalue weighted by Gasteiger charge is 2.32. The second-order valence-electron chi connectivity index (χ2n) is 12.1. The maximum Gasteiger partial charge on any atom is 0.311 e. The van der Waals surface area contributed by atoms with Crippen LogP contribution in [-0.4, -0.2) is 28.1 Å². The molecule has 4 nitrogen and oxygen atoms in total. The van der Waals surface area contributed by atoms with Gasteiger partial charge in [0.1, 0.15) is 6.10 Å². The number of esters is 1. The zero-order valence-electron chi connectivity index (χ0n) is 26.6. The number of hydrogen-bond donors (Lipinski definition) is 1. The number of aliphatic hydroxyl groups excluding tert-OH is 1. The van der Waals surface area contributed by atoms with Gasteiger partial charge in [-0.05, 0) is 93.3 Å². The van der Waals surface area contributed by atoms with Crippen LogP contribution in [0.2, 0.25) is 0 Å². The van der Waals surface area contributed by atoms with Gasteiger partial charge in [0.15, 0.2) is 0 Å². The van der Waals surface area contributed by atoms with Crippen molar-refractivity contribution in [1.29, 1.82) is 0 Å². The first-order chi connectivity index (χ1) is 20.6. The molecule has 0 aliphatic heterocycles. The number of ether oxygens (including phenoxy) is 1. The van der Waals surface area contributed by atoms with Crippen LogP contribution in [0.1, 0.15) is 70.9 Å². The van der Waals surface area contributed by atoms with Crippen LogP contribution in [0.15, 0.2) is 97.1 Å². The normalized spacial score (nSPS) is 14.2. The summed E-state index contributed by atoms with van der Waals surface area (Å²) in [6.45, 7) is 14.0. The summed E-state index contributed by atoms with van der Waals surface area (Å²) in [5.41, 5.74) is 9.67. The van der Waals surface area contributed by atoms with Crippen LogP contribution in [0.25, 0.3) is 0 Å². The second kappa shape index (κ2) is 15.1. The first kappa shape index (κ1) is 32.2. The van der Waals surface area contributed by atoms with Gasteiger partial charge in [-0.15, -0.1) is 0 Å². The molecule has 0 aliphatic carbocycles. The summed E-state index contributed by atoms with van der Waals surface area (Å²) in [7, 11) is 0. The Labute approximate surface area is 258 Å². The minimum absolute atomic E-state index is 0.139. The zero-order chi connectivity index (χ0) is 30.9. The standard InChI is InChI=1S/C39H47NO3/c1-27-23-29(3)36(30(4)24-27)26-40(25-35-20-14-13-15-28(35)2)32(6)38(34-18-11-8-12-19-34)43-39(42)31(5)37(41)22-21-33-16-9-7-10-17-33/h7-20,23-24,31-32,37-38,41H,21-22,25-26H2,1-6H3/t31-,32-,37+,38-/m0/s1. The zero-order valence-corrected chi connectivity index (χ0v) is 26.6. The van der Waals surface area contributed by atoms with Crippen LogP contribution >= 0.6 is 0 Å². The third-order valence-electron chi connectivity index (χ3n) is 8.74. The molecule has 0 saturated heterocycles. The topological polar surface area (TPSA) is 49.8 Å². The van der Waals surface area contributed by atoms with E-state index in [0.29, 0.717) is 12.8 Å². The number of carbonyl (C=O) groups is 1. The van der Waals surface area contributed by atoms with E-state index >= 15 is 0 Å². The Morgan fingerprint density at radius 1 is 0.767 bits per heavy atom. The van der Waals surface area contributed by atoms with Crippen molar-refractivity contribution in [2.75, 3.05) is 0 Å². The van der Waals surface area contributed by atoms with E-state index in [1.54, 1.807) is 6.92 Å². The maximum absolute atomic E-state index is 13.6. The molecule has 0 aromatic heterocycles. The molecule has 0 fully saturated rings. The van der Waals surface area contributed by atoms with Gasteiger partial charge in [-0.3, -0.25) is 9.69 Å². The summed E-state index contributed by atoms with van der Waals surface area (Å²) in [6, 6.07) is 32.9. The summed E-state index contributed by atoms with van der Waals surface area (Å²) >= 11 is 0. The second-order valence-corrected chi connectivity index (χ2v) is 12.1. The molecule has 4 aromatic carbocycles. The van der Waals surface area contributed by atoms with Crippen LogP contribution in [0.4, 0.5) is 0 Å². The van der Waals surface area contributed by atoms with Gasteiger partial charge in [0, 0.05) is 19.1 Å². The number of carbonyl (C=O) groups excluding carboxylic acids is 1. The molecule has 43 heavy (non-hydrogen) atoms. The van der Waals surface area contributed by atoms with Crippen molar-refractivity contribution in [3.8, 4) is 0 Å². The first-order valence-corrected chi connectivity index (χ1v) is 15.5. The molecule has 0 saturated carbocycles. The van der Waals surface area contributed by atoms with E-state index in [4.69, 9.17) is 4.74 Å². The minimum Gasteiger partial charge on any atom is -0.456 e. The third kappa shape index (κ3) is 8.65. The van der Waals surface area contributed by atoms with E-state index in [2.05, 4.69) is 75.9 Å². The van der Waals surface area contributed by atoms with Crippen LogP contribution in [0, 0.1) is 33.6 Å². The van der Waals surface area contributed by atoms with Gasteiger partial charge < -0.3 is 9.84 Å².